The van der Waals surface area contributed by atoms with Crippen LogP contribution in [0.2, 0.25) is 0 Å². The average molecular weight is 510 g/mol. The largest absolute Gasteiger partial charge is 0.370 e. The molecule has 0 saturated carbocycles. The molecule has 0 bridgehead atoms. The van der Waals surface area contributed by atoms with E-state index in [0.29, 0.717) is 11.4 Å². The highest BCUT2D eigenvalue weighted by Crippen LogP contribution is 2.27. The quantitative estimate of drug-likeness (QED) is 0.196. The lowest BCUT2D eigenvalue weighted by atomic mass is 10.1. The number of rotatable bonds is 7. The average Bonchev–Trinajstić information content (AvgIpc) is 3.33. The summed E-state index contributed by atoms with van der Waals surface area (Å²) in [6, 6.07) is 32.6. The Hall–Kier alpha value is -4.74. The first-order valence-electron chi connectivity index (χ1n) is 11.3. The van der Waals surface area contributed by atoms with Gasteiger partial charge in [0.2, 0.25) is 0 Å². The van der Waals surface area contributed by atoms with Gasteiger partial charge in [-0.05, 0) is 61.5 Å². The van der Waals surface area contributed by atoms with E-state index in [-0.39, 0.29) is 10.6 Å². The molecule has 8 heteroatoms. The fourth-order valence-electron chi connectivity index (χ4n) is 3.50. The maximum atomic E-state index is 13.1. The SMILES string of the molecule is Cc1ccc(-c2cc(N=Cc3c#cc(OS(=O)(=O)c4ccc(F)cc4)cc3)n(-c3ccccc3)n2)cc1. The Kier molecular flexibility index (Phi) is 6.54. The van der Waals surface area contributed by atoms with E-state index in [4.69, 9.17) is 9.28 Å². The molecule has 6 nitrogen and oxygen atoms in total. The van der Waals surface area contributed by atoms with E-state index in [2.05, 4.69) is 17.1 Å². The summed E-state index contributed by atoms with van der Waals surface area (Å²) < 4.78 is 44.7. The molecule has 0 N–H and O–H groups in total. The maximum absolute atomic E-state index is 13.1. The fourth-order valence-corrected chi connectivity index (χ4v) is 4.40. The third kappa shape index (κ3) is 5.58. The van der Waals surface area contributed by atoms with Crippen molar-refractivity contribution >= 4 is 22.2 Å². The molecule has 5 aromatic rings. The summed E-state index contributed by atoms with van der Waals surface area (Å²) in [6.07, 6.45) is 1.59. The van der Waals surface area contributed by atoms with Crippen molar-refractivity contribution in [1.82, 2.24) is 9.78 Å². The molecule has 0 amide bonds. The van der Waals surface area contributed by atoms with E-state index in [1.165, 1.54) is 6.07 Å². The summed E-state index contributed by atoms with van der Waals surface area (Å²) in [7, 11) is -4.12. The van der Waals surface area contributed by atoms with E-state index in [0.717, 1.165) is 46.8 Å². The summed E-state index contributed by atoms with van der Waals surface area (Å²) >= 11 is 0. The molecule has 0 fully saturated rings. The Morgan fingerprint density at radius 1 is 0.919 bits per heavy atom. The smallest absolute Gasteiger partial charge is 0.339 e. The van der Waals surface area contributed by atoms with Crippen LogP contribution < -0.4 is 4.18 Å². The zero-order chi connectivity index (χ0) is 25.8. The lowest BCUT2D eigenvalue weighted by Gasteiger charge is -2.05. The van der Waals surface area contributed by atoms with E-state index in [9.17, 15) is 12.8 Å². The van der Waals surface area contributed by atoms with Crippen LogP contribution in [0.3, 0.4) is 0 Å². The lowest BCUT2D eigenvalue weighted by Crippen LogP contribution is -2.09. The van der Waals surface area contributed by atoms with Gasteiger partial charge in [-0.25, -0.2) is 14.1 Å². The summed E-state index contributed by atoms with van der Waals surface area (Å²) in [5, 5.41) is 4.76. The Labute approximate surface area is 214 Å². The van der Waals surface area contributed by atoms with Gasteiger partial charge in [-0.2, -0.15) is 13.5 Å². The first kappa shape index (κ1) is 24.0. The highest BCUT2D eigenvalue weighted by atomic mass is 32.2. The van der Waals surface area contributed by atoms with E-state index >= 15 is 0 Å². The minimum absolute atomic E-state index is 0.0440. The Morgan fingerprint density at radius 3 is 2.32 bits per heavy atom. The highest BCUT2D eigenvalue weighted by molar-refractivity contribution is 7.87. The molecule has 1 aromatic heterocycles. The lowest BCUT2D eigenvalue weighted by molar-refractivity contribution is 0.486. The van der Waals surface area contributed by atoms with E-state index in [1.807, 2.05) is 67.6 Å². The van der Waals surface area contributed by atoms with Crippen LogP contribution in [0.15, 0.2) is 107 Å². The Morgan fingerprint density at radius 2 is 1.65 bits per heavy atom. The first-order chi connectivity index (χ1) is 17.9. The molecule has 0 aliphatic carbocycles. The van der Waals surface area contributed by atoms with Crippen LogP contribution in [0.5, 0.6) is 5.75 Å². The van der Waals surface area contributed by atoms with Crippen molar-refractivity contribution in [3.63, 3.8) is 0 Å². The van der Waals surface area contributed by atoms with Crippen LogP contribution >= 0.6 is 0 Å². The Balaban J connectivity index is 1.39. The molecule has 182 valence electrons. The van der Waals surface area contributed by atoms with Gasteiger partial charge in [-0.15, -0.1) is 0 Å². The Bertz CT molecular complexity index is 1650. The normalized spacial score (nSPS) is 11.4. The van der Waals surface area contributed by atoms with Crippen LogP contribution in [0.25, 0.3) is 16.9 Å². The minimum atomic E-state index is -4.12. The molecule has 0 spiro atoms. The number of nitrogens with zero attached hydrogens (tertiary/aromatic N) is 3. The fraction of sp³-hybridized carbons (Fsp3) is 0.0345. The minimum Gasteiger partial charge on any atom is -0.370 e. The summed E-state index contributed by atoms with van der Waals surface area (Å²) in [5.41, 5.74) is 4.33. The molecule has 0 saturated heterocycles. The predicted molar refractivity (Wildman–Crippen MR) is 139 cm³/mol. The van der Waals surface area contributed by atoms with Crippen molar-refractivity contribution in [3.8, 4) is 22.7 Å². The van der Waals surface area contributed by atoms with Crippen molar-refractivity contribution in [2.75, 3.05) is 0 Å². The number of hydrogen-bond donors (Lipinski definition) is 0. The molecular weight excluding hydrogens is 489 g/mol. The van der Waals surface area contributed by atoms with Crippen LogP contribution in [-0.2, 0) is 10.1 Å². The topological polar surface area (TPSA) is 73.5 Å². The zero-order valence-corrected chi connectivity index (χ0v) is 20.5. The van der Waals surface area contributed by atoms with Crippen LogP contribution in [0.1, 0.15) is 11.1 Å². The zero-order valence-electron chi connectivity index (χ0n) is 19.7. The molecular formula is C29H20FN3O3S. The number of aromatic nitrogens is 2. The van der Waals surface area contributed by atoms with Crippen LogP contribution in [-0.4, -0.2) is 24.4 Å². The number of hydrogen-bond acceptors (Lipinski definition) is 5. The highest BCUT2D eigenvalue weighted by Gasteiger charge is 2.16. The second kappa shape index (κ2) is 10.1. The van der Waals surface area contributed by atoms with Gasteiger partial charge >= 0.3 is 10.1 Å². The summed E-state index contributed by atoms with van der Waals surface area (Å²) in [6.45, 7) is 2.03. The van der Waals surface area contributed by atoms with Gasteiger partial charge < -0.3 is 4.18 Å². The third-order valence-electron chi connectivity index (χ3n) is 5.42. The predicted octanol–water partition coefficient (Wildman–Crippen LogP) is 6.11. The molecule has 4 aromatic carbocycles. The molecule has 37 heavy (non-hydrogen) atoms. The summed E-state index contributed by atoms with van der Waals surface area (Å²) in [5.74, 6) is 0.0222. The van der Waals surface area contributed by atoms with Crippen LogP contribution in [0, 0.1) is 24.9 Å². The number of halogens is 1. The number of aryl methyl sites for hydroxylation is 1. The van der Waals surface area contributed by atoms with Gasteiger partial charge in [0.05, 0.1) is 11.4 Å². The molecule has 0 unspecified atom stereocenters. The van der Waals surface area contributed by atoms with Crippen molar-refractivity contribution in [2.24, 2.45) is 4.99 Å². The van der Waals surface area contributed by atoms with Gasteiger partial charge in [0.25, 0.3) is 0 Å². The molecule has 0 atom stereocenters. The standard InChI is InChI=1S/C29H20FN3O3S/c1-21-7-11-23(12-8-21)28-19-29(33(32-28)25-5-3-2-4-6-25)31-20-22-9-15-26(16-10-22)36-37(34,35)27-17-13-24(30)14-18-27/h2-9,11-15,17-20H,1H3. The monoisotopic (exact) mass is 509 g/mol. The van der Waals surface area contributed by atoms with Crippen molar-refractivity contribution in [2.45, 2.75) is 11.8 Å². The van der Waals surface area contributed by atoms with E-state index < -0.39 is 15.9 Å². The molecule has 0 aliphatic rings. The number of aliphatic imine (C=N–C) groups is 1. The molecule has 1 heterocycles. The summed E-state index contributed by atoms with van der Waals surface area (Å²) in [4.78, 5) is 4.45. The molecule has 0 radical (unpaired) electrons. The van der Waals surface area contributed by atoms with Crippen molar-refractivity contribution in [3.05, 3.63) is 126 Å². The van der Waals surface area contributed by atoms with Gasteiger partial charge in [0.15, 0.2) is 11.6 Å². The number of para-hydroxylation sites is 1. The van der Waals surface area contributed by atoms with Crippen molar-refractivity contribution in [1.29, 1.82) is 0 Å². The third-order valence-corrected chi connectivity index (χ3v) is 6.67. The van der Waals surface area contributed by atoms with Crippen molar-refractivity contribution < 1.29 is 17.0 Å². The van der Waals surface area contributed by atoms with Crippen LogP contribution in [0.4, 0.5) is 10.2 Å². The van der Waals surface area contributed by atoms with Gasteiger partial charge in [0.1, 0.15) is 10.7 Å². The second-order valence-corrected chi connectivity index (χ2v) is 9.70. The second-order valence-electron chi connectivity index (χ2n) is 8.15. The molecule has 0 aliphatic heterocycles. The van der Waals surface area contributed by atoms with E-state index in [1.54, 1.807) is 17.0 Å². The molecule has 5 rings (SSSR count). The van der Waals surface area contributed by atoms with Gasteiger partial charge in [-0.1, -0.05) is 54.1 Å². The van der Waals surface area contributed by atoms with Gasteiger partial charge in [-0.3, -0.25) is 0 Å². The first-order valence-corrected chi connectivity index (χ1v) is 12.7. The maximum Gasteiger partial charge on any atom is 0.339 e. The van der Waals surface area contributed by atoms with Gasteiger partial charge in [0, 0.05) is 23.4 Å². The number of benzene rings is 3.